The average Bonchev–Trinajstić information content (AvgIpc) is 2.42. The molecule has 0 aliphatic heterocycles. The van der Waals surface area contributed by atoms with Crippen LogP contribution in [0.15, 0.2) is 42.6 Å². The van der Waals surface area contributed by atoms with Gasteiger partial charge in [-0.15, -0.1) is 0 Å². The molecular formula is C14H19N3OS. The number of hydrazine groups is 1. The summed E-state index contributed by atoms with van der Waals surface area (Å²) in [6.07, 6.45) is 5.22. The van der Waals surface area contributed by atoms with E-state index >= 15 is 0 Å². The normalized spacial score (nSPS) is 10.4. The van der Waals surface area contributed by atoms with Crippen LogP contribution in [0.3, 0.4) is 0 Å². The largest absolute Gasteiger partial charge is 0.375 e. The maximum atomic E-state index is 11.9. The molecule has 0 aromatic heterocycles. The van der Waals surface area contributed by atoms with E-state index in [9.17, 15) is 4.79 Å². The van der Waals surface area contributed by atoms with Gasteiger partial charge in [0.25, 0.3) is 0 Å². The van der Waals surface area contributed by atoms with Crippen LogP contribution in [0.1, 0.15) is 30.1 Å². The Morgan fingerprint density at radius 1 is 1.42 bits per heavy atom. The summed E-state index contributed by atoms with van der Waals surface area (Å²) in [6, 6.07) is 9.11. The minimum Gasteiger partial charge on any atom is -0.375 e. The first-order valence-corrected chi connectivity index (χ1v) is 6.64. The van der Waals surface area contributed by atoms with Crippen molar-refractivity contribution in [2.45, 2.75) is 19.8 Å². The molecule has 0 heterocycles. The van der Waals surface area contributed by atoms with E-state index in [1.807, 2.05) is 18.2 Å². The Labute approximate surface area is 119 Å². The highest BCUT2D eigenvalue weighted by atomic mass is 32.1. The Morgan fingerprint density at radius 2 is 2.11 bits per heavy atom. The molecule has 4 nitrogen and oxygen atoms in total. The van der Waals surface area contributed by atoms with Crippen LogP contribution in [0.4, 0.5) is 0 Å². The number of nitrogens with two attached hydrogens (primary N) is 1. The highest BCUT2D eigenvalue weighted by Crippen LogP contribution is 2.01. The first-order chi connectivity index (χ1) is 9.13. The Morgan fingerprint density at radius 3 is 2.68 bits per heavy atom. The lowest BCUT2D eigenvalue weighted by Crippen LogP contribution is -2.42. The predicted molar refractivity (Wildman–Crippen MR) is 81.4 cm³/mol. The molecule has 0 radical (unpaired) electrons. The smallest absolute Gasteiger partial charge is 0.187 e. The molecule has 0 spiro atoms. The summed E-state index contributed by atoms with van der Waals surface area (Å²) in [5, 5.41) is 1.92. The summed E-state index contributed by atoms with van der Waals surface area (Å²) in [6.45, 7) is 2.84. The van der Waals surface area contributed by atoms with Crippen molar-refractivity contribution in [2.24, 2.45) is 5.73 Å². The number of benzene rings is 1. The van der Waals surface area contributed by atoms with E-state index in [1.165, 1.54) is 6.08 Å². The summed E-state index contributed by atoms with van der Waals surface area (Å²) in [4.78, 5) is 11.9. The van der Waals surface area contributed by atoms with Gasteiger partial charge in [-0.1, -0.05) is 43.7 Å². The number of allylic oxidation sites excluding steroid dienone is 1. The second kappa shape index (κ2) is 8.26. The molecular weight excluding hydrogens is 258 g/mol. The molecule has 3 N–H and O–H groups in total. The Hall–Kier alpha value is -1.88. The van der Waals surface area contributed by atoms with Crippen molar-refractivity contribution in [3.8, 4) is 0 Å². The van der Waals surface area contributed by atoms with Crippen LogP contribution < -0.4 is 11.2 Å². The summed E-state index contributed by atoms with van der Waals surface area (Å²) < 4.78 is 0. The Balaban J connectivity index is 2.64. The van der Waals surface area contributed by atoms with Crippen molar-refractivity contribution < 1.29 is 4.79 Å². The minimum atomic E-state index is -0.0492. The first-order valence-electron chi connectivity index (χ1n) is 6.23. The lowest BCUT2D eigenvalue weighted by Gasteiger charge is -2.20. The van der Waals surface area contributed by atoms with Gasteiger partial charge in [0, 0.05) is 24.4 Å². The number of unbranched alkanes of at least 4 members (excludes halogenated alkanes) is 1. The van der Waals surface area contributed by atoms with E-state index in [0.717, 1.165) is 19.4 Å². The van der Waals surface area contributed by atoms with Crippen molar-refractivity contribution in [3.05, 3.63) is 48.2 Å². The molecule has 0 amide bonds. The first kappa shape index (κ1) is 15.2. The zero-order chi connectivity index (χ0) is 14.1. The third-order valence-electron chi connectivity index (χ3n) is 2.47. The highest BCUT2D eigenvalue weighted by molar-refractivity contribution is 7.80. The van der Waals surface area contributed by atoms with Crippen LogP contribution >= 0.6 is 12.2 Å². The van der Waals surface area contributed by atoms with Crippen molar-refractivity contribution in [1.82, 2.24) is 10.4 Å². The van der Waals surface area contributed by atoms with Gasteiger partial charge in [0.15, 0.2) is 10.9 Å². The number of nitrogens with one attached hydrogen (secondary N) is 1. The number of nitrogens with zero attached hydrogens (tertiary/aromatic N) is 1. The lowest BCUT2D eigenvalue weighted by molar-refractivity contribution is 0.104. The fourth-order valence-electron chi connectivity index (χ4n) is 1.49. The van der Waals surface area contributed by atoms with Gasteiger partial charge in [0.2, 0.25) is 0 Å². The zero-order valence-corrected chi connectivity index (χ0v) is 11.8. The monoisotopic (exact) mass is 277 g/mol. The summed E-state index contributed by atoms with van der Waals surface area (Å²) >= 11 is 4.80. The van der Waals surface area contributed by atoms with E-state index in [2.05, 4.69) is 12.3 Å². The van der Waals surface area contributed by atoms with Gasteiger partial charge in [0.1, 0.15) is 0 Å². The van der Waals surface area contributed by atoms with Crippen LogP contribution in [-0.4, -0.2) is 22.4 Å². The molecule has 102 valence electrons. The molecule has 5 heteroatoms. The third kappa shape index (κ3) is 6.01. The summed E-state index contributed by atoms with van der Waals surface area (Å²) in [7, 11) is 0. The molecule has 1 aromatic rings. The number of rotatable bonds is 7. The second-order valence-electron chi connectivity index (χ2n) is 4.07. The van der Waals surface area contributed by atoms with Gasteiger partial charge in [-0.3, -0.25) is 15.2 Å². The van der Waals surface area contributed by atoms with Crippen LogP contribution in [0, 0.1) is 0 Å². The molecule has 0 saturated heterocycles. The molecule has 0 unspecified atom stereocenters. The van der Waals surface area contributed by atoms with Crippen LogP contribution in [-0.2, 0) is 0 Å². The SMILES string of the molecule is CCCCN(/C=C/C(=O)c1ccccc1)NC(N)=S. The average molecular weight is 277 g/mol. The van der Waals surface area contributed by atoms with Crippen LogP contribution in [0.25, 0.3) is 0 Å². The van der Waals surface area contributed by atoms with Crippen LogP contribution in [0.5, 0.6) is 0 Å². The number of carbonyl (C=O) groups excluding carboxylic acids is 1. The van der Waals surface area contributed by atoms with E-state index in [-0.39, 0.29) is 10.9 Å². The van der Waals surface area contributed by atoms with Gasteiger partial charge in [0.05, 0.1) is 0 Å². The molecule has 0 bridgehead atoms. The van der Waals surface area contributed by atoms with Gasteiger partial charge < -0.3 is 5.73 Å². The molecule has 1 aromatic carbocycles. The zero-order valence-electron chi connectivity index (χ0n) is 11.0. The number of thiocarbonyl (C=S) groups is 1. The van der Waals surface area contributed by atoms with Gasteiger partial charge in [-0.05, 0) is 18.6 Å². The number of hydrogen-bond donors (Lipinski definition) is 2. The molecule has 0 aliphatic carbocycles. The standard InChI is InChI=1S/C14H19N3OS/c1-2-3-10-17(16-14(15)19)11-9-13(18)12-7-5-4-6-8-12/h4-9,11H,2-3,10H2,1H3,(H3,15,16,19)/b11-9+. The molecule has 0 atom stereocenters. The van der Waals surface area contributed by atoms with E-state index in [0.29, 0.717) is 5.56 Å². The van der Waals surface area contributed by atoms with Gasteiger partial charge >= 0.3 is 0 Å². The minimum absolute atomic E-state index is 0.0492. The second-order valence-corrected chi connectivity index (χ2v) is 4.51. The number of ketones is 1. The van der Waals surface area contributed by atoms with Crippen molar-refractivity contribution in [3.63, 3.8) is 0 Å². The summed E-state index contributed by atoms with van der Waals surface area (Å²) in [5.74, 6) is -0.0492. The van der Waals surface area contributed by atoms with Crippen molar-refractivity contribution in [2.75, 3.05) is 6.54 Å². The maximum absolute atomic E-state index is 11.9. The topological polar surface area (TPSA) is 58.4 Å². The fourth-order valence-corrected chi connectivity index (χ4v) is 1.61. The van der Waals surface area contributed by atoms with Crippen LogP contribution in [0.2, 0.25) is 0 Å². The van der Waals surface area contributed by atoms with Gasteiger partial charge in [-0.2, -0.15) is 0 Å². The molecule has 19 heavy (non-hydrogen) atoms. The molecule has 0 saturated carbocycles. The molecule has 0 aliphatic rings. The predicted octanol–water partition coefficient (Wildman–Crippen LogP) is 2.23. The fraction of sp³-hybridized carbons (Fsp3) is 0.286. The van der Waals surface area contributed by atoms with Gasteiger partial charge in [-0.25, -0.2) is 0 Å². The lowest BCUT2D eigenvalue weighted by atomic mass is 10.1. The molecule has 1 rings (SSSR count). The molecule has 0 fully saturated rings. The maximum Gasteiger partial charge on any atom is 0.187 e. The highest BCUT2D eigenvalue weighted by Gasteiger charge is 2.02. The Bertz CT molecular complexity index is 445. The van der Waals surface area contributed by atoms with Crippen molar-refractivity contribution in [1.29, 1.82) is 0 Å². The number of hydrogen-bond acceptors (Lipinski definition) is 3. The van der Waals surface area contributed by atoms with E-state index in [4.69, 9.17) is 18.0 Å². The Kier molecular flexibility index (Phi) is 6.60. The van der Waals surface area contributed by atoms with E-state index in [1.54, 1.807) is 23.3 Å². The van der Waals surface area contributed by atoms with E-state index < -0.39 is 0 Å². The third-order valence-corrected chi connectivity index (χ3v) is 2.56. The summed E-state index contributed by atoms with van der Waals surface area (Å²) in [5.41, 5.74) is 8.92. The quantitative estimate of drug-likeness (QED) is 0.346. The number of carbonyl (C=O) groups is 1. The van der Waals surface area contributed by atoms with Crippen molar-refractivity contribution >= 4 is 23.1 Å².